The molecular weight excluding hydrogens is 278 g/mol. The van der Waals surface area contributed by atoms with E-state index in [1.54, 1.807) is 23.1 Å². The summed E-state index contributed by atoms with van der Waals surface area (Å²) in [6.45, 7) is 2.02. The smallest absolute Gasteiger partial charge is 0.237 e. The van der Waals surface area contributed by atoms with Gasteiger partial charge in [-0.15, -0.1) is 0 Å². The first-order chi connectivity index (χ1) is 9.31. The van der Waals surface area contributed by atoms with E-state index in [2.05, 4.69) is 15.1 Å². The highest BCUT2D eigenvalue weighted by Gasteiger charge is 2.09. The van der Waals surface area contributed by atoms with Crippen molar-refractivity contribution in [2.24, 2.45) is 0 Å². The Labute approximate surface area is 118 Å². The fraction of sp³-hybridized carbons (Fsp3) is 0.154. The molecule has 3 heterocycles. The number of pyridine rings is 1. The van der Waals surface area contributed by atoms with Crippen LogP contribution in [0.4, 0.5) is 0 Å². The molecule has 3 rings (SSSR count). The zero-order valence-electron chi connectivity index (χ0n) is 10.2. The molecule has 0 unspecified atom stereocenters. The number of rotatable bonds is 4. The third kappa shape index (κ3) is 3.02. The molecule has 96 valence electrons. The van der Waals surface area contributed by atoms with Gasteiger partial charge in [0.25, 0.3) is 0 Å². The van der Waals surface area contributed by atoms with Crippen LogP contribution < -0.4 is 0 Å². The van der Waals surface area contributed by atoms with E-state index < -0.39 is 0 Å². The largest absolute Gasteiger partial charge is 0.338 e. The van der Waals surface area contributed by atoms with Crippen molar-refractivity contribution in [2.45, 2.75) is 17.7 Å². The van der Waals surface area contributed by atoms with Gasteiger partial charge >= 0.3 is 0 Å². The minimum Gasteiger partial charge on any atom is -0.338 e. The van der Waals surface area contributed by atoms with Crippen LogP contribution in [-0.4, -0.2) is 15.1 Å². The maximum atomic E-state index is 5.23. The number of hydrogen-bond acceptors (Lipinski definition) is 6. The van der Waals surface area contributed by atoms with E-state index in [0.29, 0.717) is 17.5 Å². The highest BCUT2D eigenvalue weighted by Crippen LogP contribution is 2.23. The molecule has 0 aliphatic carbocycles. The van der Waals surface area contributed by atoms with Gasteiger partial charge in [-0.25, -0.2) is 4.98 Å². The Hall–Kier alpha value is -1.66. The van der Waals surface area contributed by atoms with Crippen molar-refractivity contribution in [1.29, 1.82) is 0 Å². The summed E-state index contributed by atoms with van der Waals surface area (Å²) in [7, 11) is 0. The van der Waals surface area contributed by atoms with Crippen LogP contribution in [0, 0.1) is 6.92 Å². The summed E-state index contributed by atoms with van der Waals surface area (Å²) < 4.78 is 5.23. The van der Waals surface area contributed by atoms with Crippen LogP contribution in [0.3, 0.4) is 0 Å². The van der Waals surface area contributed by atoms with Crippen LogP contribution in [0.2, 0.25) is 0 Å². The number of aromatic nitrogens is 3. The lowest BCUT2D eigenvalue weighted by molar-refractivity contribution is 0.391. The summed E-state index contributed by atoms with van der Waals surface area (Å²) in [6, 6.07) is 6.02. The summed E-state index contributed by atoms with van der Waals surface area (Å²) in [5, 5.41) is 8.93. The van der Waals surface area contributed by atoms with Crippen LogP contribution in [0.25, 0.3) is 11.4 Å². The molecule has 0 saturated carbocycles. The number of aryl methyl sites for hydroxylation is 1. The second kappa shape index (κ2) is 5.54. The van der Waals surface area contributed by atoms with Gasteiger partial charge in [0.05, 0.1) is 10.8 Å². The maximum absolute atomic E-state index is 5.23. The van der Waals surface area contributed by atoms with Gasteiger partial charge < -0.3 is 4.52 Å². The predicted octanol–water partition coefficient (Wildman–Crippen LogP) is 3.79. The van der Waals surface area contributed by atoms with Crippen LogP contribution >= 0.6 is 23.1 Å². The van der Waals surface area contributed by atoms with Crippen molar-refractivity contribution in [3.63, 3.8) is 0 Å². The lowest BCUT2D eigenvalue weighted by Gasteiger charge is -1.97. The summed E-state index contributed by atoms with van der Waals surface area (Å²) in [5.74, 6) is 1.90. The minimum atomic E-state index is 0.619. The van der Waals surface area contributed by atoms with Crippen LogP contribution in [-0.2, 0) is 5.75 Å². The molecule has 4 nitrogen and oxygen atoms in total. The van der Waals surface area contributed by atoms with Crippen molar-refractivity contribution in [2.75, 3.05) is 0 Å². The predicted molar refractivity (Wildman–Crippen MR) is 76.1 cm³/mol. The van der Waals surface area contributed by atoms with E-state index in [0.717, 1.165) is 16.2 Å². The second-order valence-electron chi connectivity index (χ2n) is 3.99. The van der Waals surface area contributed by atoms with Gasteiger partial charge in [-0.05, 0) is 30.0 Å². The lowest BCUT2D eigenvalue weighted by Crippen LogP contribution is -1.84. The van der Waals surface area contributed by atoms with Gasteiger partial charge in [-0.3, -0.25) is 0 Å². The highest BCUT2D eigenvalue weighted by atomic mass is 32.2. The van der Waals surface area contributed by atoms with Crippen LogP contribution in [0.1, 0.15) is 11.5 Å². The van der Waals surface area contributed by atoms with Crippen molar-refractivity contribution in [1.82, 2.24) is 15.1 Å². The number of thiophene rings is 1. The summed E-state index contributed by atoms with van der Waals surface area (Å²) in [6.07, 6.45) is 1.85. The molecule has 0 fully saturated rings. The molecule has 0 saturated heterocycles. The SMILES string of the molecule is Cc1ccc(SCc2nc(-c3ccsc3)no2)nc1. The molecule has 6 heteroatoms. The number of thioether (sulfide) groups is 1. The molecule has 0 aromatic carbocycles. The van der Waals surface area contributed by atoms with Crippen LogP contribution in [0.5, 0.6) is 0 Å². The summed E-state index contributed by atoms with van der Waals surface area (Å²) in [4.78, 5) is 8.69. The zero-order chi connectivity index (χ0) is 13.1. The molecule has 19 heavy (non-hydrogen) atoms. The van der Waals surface area contributed by atoms with Gasteiger partial charge in [0, 0.05) is 17.1 Å². The minimum absolute atomic E-state index is 0.619. The van der Waals surface area contributed by atoms with E-state index in [-0.39, 0.29) is 0 Å². The number of nitrogens with zero attached hydrogens (tertiary/aromatic N) is 3. The Balaban J connectivity index is 1.66. The molecule has 0 amide bonds. The Morgan fingerprint density at radius 1 is 1.32 bits per heavy atom. The van der Waals surface area contributed by atoms with Crippen LogP contribution in [0.15, 0.2) is 44.7 Å². The molecule has 3 aromatic heterocycles. The highest BCUT2D eigenvalue weighted by molar-refractivity contribution is 7.98. The number of hydrogen-bond donors (Lipinski definition) is 0. The van der Waals surface area contributed by atoms with Crippen molar-refractivity contribution in [3.8, 4) is 11.4 Å². The molecule has 0 spiro atoms. The van der Waals surface area contributed by atoms with E-state index in [9.17, 15) is 0 Å². The fourth-order valence-electron chi connectivity index (χ4n) is 1.50. The standard InChI is InChI=1S/C13H11N3OS2/c1-9-2-3-12(14-6-9)19-8-11-15-13(16-17-11)10-4-5-18-7-10/h2-7H,8H2,1H3. The Kier molecular flexibility index (Phi) is 3.61. The normalized spacial score (nSPS) is 10.8. The maximum Gasteiger partial charge on any atom is 0.237 e. The van der Waals surface area contributed by atoms with E-state index in [1.165, 1.54) is 0 Å². The molecule has 0 bridgehead atoms. The fourth-order valence-corrected chi connectivity index (χ4v) is 2.81. The average Bonchev–Trinajstić information content (AvgIpc) is 3.09. The van der Waals surface area contributed by atoms with Gasteiger partial charge in [0.15, 0.2) is 0 Å². The second-order valence-corrected chi connectivity index (χ2v) is 5.76. The first kappa shape index (κ1) is 12.4. The van der Waals surface area contributed by atoms with Gasteiger partial charge in [0.1, 0.15) is 0 Å². The third-order valence-electron chi connectivity index (χ3n) is 2.48. The first-order valence-corrected chi connectivity index (χ1v) is 7.65. The lowest BCUT2D eigenvalue weighted by atomic mass is 10.3. The monoisotopic (exact) mass is 289 g/mol. The zero-order valence-corrected chi connectivity index (χ0v) is 11.9. The quantitative estimate of drug-likeness (QED) is 0.684. The van der Waals surface area contributed by atoms with E-state index >= 15 is 0 Å². The Bertz CT molecular complexity index is 647. The van der Waals surface area contributed by atoms with Crippen molar-refractivity contribution >= 4 is 23.1 Å². The summed E-state index contributed by atoms with van der Waals surface area (Å²) >= 11 is 3.21. The van der Waals surface area contributed by atoms with Gasteiger partial charge in [0.2, 0.25) is 11.7 Å². The van der Waals surface area contributed by atoms with Gasteiger partial charge in [-0.2, -0.15) is 16.3 Å². The molecular formula is C13H11N3OS2. The van der Waals surface area contributed by atoms with E-state index in [4.69, 9.17) is 4.52 Å². The van der Waals surface area contributed by atoms with Crippen molar-refractivity contribution in [3.05, 3.63) is 46.6 Å². The Morgan fingerprint density at radius 3 is 3.00 bits per heavy atom. The molecule has 3 aromatic rings. The molecule has 0 aliphatic heterocycles. The van der Waals surface area contributed by atoms with Gasteiger partial charge in [-0.1, -0.05) is 23.0 Å². The molecule has 0 atom stereocenters. The average molecular weight is 289 g/mol. The Morgan fingerprint density at radius 2 is 2.26 bits per heavy atom. The molecule has 0 aliphatic rings. The third-order valence-corrected chi connectivity index (χ3v) is 4.09. The molecule has 0 radical (unpaired) electrons. The first-order valence-electron chi connectivity index (χ1n) is 5.72. The topological polar surface area (TPSA) is 51.8 Å². The molecule has 0 N–H and O–H groups in total. The summed E-state index contributed by atoms with van der Waals surface area (Å²) in [5.41, 5.74) is 2.15. The van der Waals surface area contributed by atoms with Crippen molar-refractivity contribution < 1.29 is 4.52 Å². The van der Waals surface area contributed by atoms with E-state index in [1.807, 2.05) is 42.1 Å².